The Morgan fingerprint density at radius 3 is 2.25 bits per heavy atom. The predicted octanol–water partition coefficient (Wildman–Crippen LogP) is 7.77. The van der Waals surface area contributed by atoms with Crippen LogP contribution in [0.25, 0.3) is 27.6 Å². The number of hydrogen-bond donors (Lipinski definition) is 1. The smallest absolute Gasteiger partial charge is 0.266 e. The van der Waals surface area contributed by atoms with Crippen LogP contribution < -0.4 is 10.1 Å². The Labute approximate surface area is 214 Å². The lowest BCUT2D eigenvalue weighted by Crippen LogP contribution is -2.13. The van der Waals surface area contributed by atoms with Crippen LogP contribution in [0.15, 0.2) is 109 Å². The molecule has 0 aliphatic carbocycles. The number of hydrogen-bond acceptors (Lipinski definition) is 3. The molecule has 4 nitrogen and oxygen atoms in total. The quantitative estimate of drug-likeness (QED) is 0.196. The summed E-state index contributed by atoms with van der Waals surface area (Å²) >= 11 is 5.93. The number of nitriles is 1. The topological polar surface area (TPSA) is 62.1 Å². The normalized spacial score (nSPS) is 11.3. The summed E-state index contributed by atoms with van der Waals surface area (Å²) < 4.78 is 6.30. The van der Waals surface area contributed by atoms with E-state index in [-0.39, 0.29) is 5.57 Å². The zero-order chi connectivity index (χ0) is 24.9. The predicted molar refractivity (Wildman–Crippen MR) is 146 cm³/mol. The van der Waals surface area contributed by atoms with Crippen molar-refractivity contribution in [2.75, 3.05) is 5.32 Å². The van der Waals surface area contributed by atoms with Crippen LogP contribution in [0.4, 0.5) is 5.69 Å². The van der Waals surface area contributed by atoms with Crippen molar-refractivity contribution in [3.05, 3.63) is 125 Å². The summed E-state index contributed by atoms with van der Waals surface area (Å²) in [5, 5.41) is 17.3. The maximum absolute atomic E-state index is 12.9. The number of benzene rings is 5. The summed E-state index contributed by atoms with van der Waals surface area (Å²) in [5.74, 6) is 0.0847. The van der Waals surface area contributed by atoms with Crippen molar-refractivity contribution < 1.29 is 9.53 Å². The molecule has 174 valence electrons. The maximum Gasteiger partial charge on any atom is 0.266 e. The molecule has 5 rings (SSSR count). The van der Waals surface area contributed by atoms with Crippen LogP contribution in [0, 0.1) is 11.3 Å². The van der Waals surface area contributed by atoms with E-state index in [0.717, 1.165) is 27.1 Å². The Kier molecular flexibility index (Phi) is 6.66. The van der Waals surface area contributed by atoms with Gasteiger partial charge in [-0.15, -0.1) is 0 Å². The van der Waals surface area contributed by atoms with Gasteiger partial charge in [-0.3, -0.25) is 4.79 Å². The zero-order valence-electron chi connectivity index (χ0n) is 19.2. The number of anilines is 1. The molecule has 0 saturated carbocycles. The first kappa shape index (κ1) is 23.2. The van der Waals surface area contributed by atoms with Gasteiger partial charge in [-0.2, -0.15) is 5.26 Å². The Balaban J connectivity index is 1.51. The minimum atomic E-state index is -0.507. The molecule has 0 heterocycles. The highest BCUT2D eigenvalue weighted by atomic mass is 35.5. The second-order valence-corrected chi connectivity index (χ2v) is 8.69. The van der Waals surface area contributed by atoms with E-state index >= 15 is 0 Å². The third kappa shape index (κ3) is 4.93. The molecule has 0 unspecified atom stereocenters. The summed E-state index contributed by atoms with van der Waals surface area (Å²) in [5.41, 5.74) is 2.25. The first-order valence-electron chi connectivity index (χ1n) is 11.4. The highest BCUT2D eigenvalue weighted by Gasteiger charge is 2.14. The molecule has 0 aliphatic rings. The number of nitrogens with zero attached hydrogens (tertiary/aromatic N) is 1. The van der Waals surface area contributed by atoms with Crippen LogP contribution >= 0.6 is 11.6 Å². The lowest BCUT2D eigenvalue weighted by molar-refractivity contribution is -0.112. The SMILES string of the molecule is N#C/C(=C\c1c(OCc2cccc3ccccc23)ccc2ccccc12)C(=O)Nc1ccc(Cl)cc1. The van der Waals surface area contributed by atoms with Gasteiger partial charge in [-0.1, -0.05) is 84.4 Å². The van der Waals surface area contributed by atoms with E-state index in [9.17, 15) is 10.1 Å². The van der Waals surface area contributed by atoms with Gasteiger partial charge in [0.15, 0.2) is 0 Å². The summed E-state index contributed by atoms with van der Waals surface area (Å²) in [7, 11) is 0. The van der Waals surface area contributed by atoms with Crippen LogP contribution in [0.2, 0.25) is 5.02 Å². The number of carbonyl (C=O) groups excluding carboxylic acids is 1. The summed E-state index contributed by atoms with van der Waals surface area (Å²) in [4.78, 5) is 12.9. The van der Waals surface area contributed by atoms with E-state index in [4.69, 9.17) is 16.3 Å². The van der Waals surface area contributed by atoms with Crippen molar-refractivity contribution in [3.63, 3.8) is 0 Å². The lowest BCUT2D eigenvalue weighted by atomic mass is 10.0. The minimum Gasteiger partial charge on any atom is -0.488 e. The highest BCUT2D eigenvalue weighted by Crippen LogP contribution is 2.32. The van der Waals surface area contributed by atoms with Crippen LogP contribution in [0.1, 0.15) is 11.1 Å². The number of amides is 1. The van der Waals surface area contributed by atoms with E-state index in [1.165, 1.54) is 0 Å². The molecule has 36 heavy (non-hydrogen) atoms. The Morgan fingerprint density at radius 1 is 0.833 bits per heavy atom. The second-order valence-electron chi connectivity index (χ2n) is 8.26. The van der Waals surface area contributed by atoms with Crippen molar-refractivity contribution in [3.8, 4) is 11.8 Å². The molecule has 0 bridgehead atoms. The lowest BCUT2D eigenvalue weighted by Gasteiger charge is -2.14. The monoisotopic (exact) mass is 488 g/mol. The number of ether oxygens (including phenoxy) is 1. The van der Waals surface area contributed by atoms with E-state index in [1.54, 1.807) is 30.3 Å². The van der Waals surface area contributed by atoms with Gasteiger partial charge in [0, 0.05) is 16.3 Å². The first-order chi connectivity index (χ1) is 17.6. The van der Waals surface area contributed by atoms with Gasteiger partial charge in [-0.25, -0.2) is 0 Å². The second kappa shape index (κ2) is 10.4. The van der Waals surface area contributed by atoms with Gasteiger partial charge in [0.2, 0.25) is 0 Å². The fourth-order valence-corrected chi connectivity index (χ4v) is 4.27. The molecule has 0 saturated heterocycles. The number of rotatable bonds is 6. The molecule has 1 N–H and O–H groups in total. The van der Waals surface area contributed by atoms with Crippen LogP contribution in [-0.4, -0.2) is 5.91 Å². The molecule has 0 spiro atoms. The Bertz CT molecular complexity index is 1640. The van der Waals surface area contributed by atoms with Gasteiger partial charge in [0.1, 0.15) is 24.0 Å². The number of halogens is 1. The van der Waals surface area contributed by atoms with E-state index in [0.29, 0.717) is 28.6 Å². The van der Waals surface area contributed by atoms with Gasteiger partial charge >= 0.3 is 0 Å². The Morgan fingerprint density at radius 2 is 1.50 bits per heavy atom. The fraction of sp³-hybridized carbons (Fsp3) is 0.0323. The molecular formula is C31H21ClN2O2. The van der Waals surface area contributed by atoms with E-state index in [2.05, 4.69) is 23.5 Å². The molecule has 0 aromatic heterocycles. The maximum atomic E-state index is 12.9. The standard InChI is InChI=1S/C31H21ClN2O2/c32-25-13-15-26(16-14-25)34-31(35)24(19-33)18-29-28-11-4-2-7-22(28)12-17-30(29)36-20-23-9-5-8-21-6-1-3-10-27(21)23/h1-18H,20H2,(H,34,35)/b24-18+. The number of fused-ring (bicyclic) bond motifs is 2. The average molecular weight is 489 g/mol. The highest BCUT2D eigenvalue weighted by molar-refractivity contribution is 6.30. The van der Waals surface area contributed by atoms with Gasteiger partial charge in [0.05, 0.1) is 0 Å². The first-order valence-corrected chi connectivity index (χ1v) is 11.8. The van der Waals surface area contributed by atoms with Gasteiger partial charge < -0.3 is 10.1 Å². The number of carbonyl (C=O) groups is 1. The molecule has 5 aromatic carbocycles. The van der Waals surface area contributed by atoms with E-state index < -0.39 is 5.91 Å². The van der Waals surface area contributed by atoms with Crippen molar-refractivity contribution >= 4 is 50.8 Å². The van der Waals surface area contributed by atoms with Crippen molar-refractivity contribution in [1.82, 2.24) is 0 Å². The van der Waals surface area contributed by atoms with E-state index in [1.807, 2.05) is 66.7 Å². The molecule has 5 heteroatoms. The van der Waals surface area contributed by atoms with Crippen LogP contribution in [-0.2, 0) is 11.4 Å². The summed E-state index contributed by atoms with van der Waals surface area (Å²) in [6.45, 7) is 0.347. The zero-order valence-corrected chi connectivity index (χ0v) is 20.0. The van der Waals surface area contributed by atoms with Crippen LogP contribution in [0.5, 0.6) is 5.75 Å². The van der Waals surface area contributed by atoms with Gasteiger partial charge in [0.25, 0.3) is 5.91 Å². The summed E-state index contributed by atoms with van der Waals surface area (Å²) in [6.07, 6.45) is 1.59. The van der Waals surface area contributed by atoms with Crippen molar-refractivity contribution in [1.29, 1.82) is 5.26 Å². The largest absolute Gasteiger partial charge is 0.488 e. The number of nitrogens with one attached hydrogen (secondary N) is 1. The van der Waals surface area contributed by atoms with Crippen molar-refractivity contribution in [2.45, 2.75) is 6.61 Å². The average Bonchev–Trinajstić information content (AvgIpc) is 2.92. The minimum absolute atomic E-state index is 0.0312. The third-order valence-corrected chi connectivity index (χ3v) is 6.20. The van der Waals surface area contributed by atoms with Crippen LogP contribution in [0.3, 0.4) is 0 Å². The van der Waals surface area contributed by atoms with Gasteiger partial charge in [-0.05, 0) is 63.5 Å². The molecule has 0 radical (unpaired) electrons. The molecule has 5 aromatic rings. The van der Waals surface area contributed by atoms with Crippen molar-refractivity contribution in [2.24, 2.45) is 0 Å². The molecular weight excluding hydrogens is 468 g/mol. The Hall–Kier alpha value is -4.59. The fourth-order valence-electron chi connectivity index (χ4n) is 4.15. The molecule has 1 amide bonds. The molecule has 0 fully saturated rings. The molecule has 0 aliphatic heterocycles. The molecule has 0 atom stereocenters. The summed E-state index contributed by atoms with van der Waals surface area (Å²) in [6, 6.07) is 34.7. The third-order valence-electron chi connectivity index (χ3n) is 5.95.